The van der Waals surface area contributed by atoms with E-state index in [1.54, 1.807) is 55.8 Å². The molecule has 0 bridgehead atoms. The van der Waals surface area contributed by atoms with Crippen LogP contribution in [0.25, 0.3) is 10.8 Å². The fourth-order valence-corrected chi connectivity index (χ4v) is 3.53. The molecular formula is C20H18N6O2S. The Kier molecular flexibility index (Phi) is 5.30. The van der Waals surface area contributed by atoms with Crippen molar-refractivity contribution in [1.29, 1.82) is 0 Å². The van der Waals surface area contributed by atoms with Crippen LogP contribution >= 0.6 is 11.3 Å². The molecule has 0 aliphatic rings. The summed E-state index contributed by atoms with van der Waals surface area (Å²) >= 11 is 1.27. The summed E-state index contributed by atoms with van der Waals surface area (Å²) in [6.45, 7) is 2.17. The summed E-state index contributed by atoms with van der Waals surface area (Å²) in [6, 6.07) is 8.94. The molecule has 3 heterocycles. The Morgan fingerprint density at radius 2 is 1.90 bits per heavy atom. The molecule has 0 atom stereocenters. The van der Waals surface area contributed by atoms with Gasteiger partial charge in [0.2, 0.25) is 0 Å². The number of hydrogen-bond donors (Lipinski definition) is 1. The molecule has 0 unspecified atom stereocenters. The largest absolute Gasteiger partial charge is 0.486 e. The van der Waals surface area contributed by atoms with Gasteiger partial charge in [0.25, 0.3) is 5.91 Å². The van der Waals surface area contributed by atoms with E-state index in [1.165, 1.54) is 11.3 Å². The summed E-state index contributed by atoms with van der Waals surface area (Å²) in [6.07, 6.45) is 6.90. The second kappa shape index (κ2) is 8.19. The topological polar surface area (TPSA) is 94.8 Å². The number of imidazole rings is 1. The van der Waals surface area contributed by atoms with Crippen LogP contribution in [0.2, 0.25) is 0 Å². The molecule has 0 aliphatic heterocycles. The number of nitrogens with zero attached hydrogens (tertiary/aromatic N) is 5. The predicted octanol–water partition coefficient (Wildman–Crippen LogP) is 3.47. The molecule has 0 saturated carbocycles. The number of nitrogens with one attached hydrogen (secondary N) is 1. The smallest absolute Gasteiger partial charge is 0.267 e. The lowest BCUT2D eigenvalue weighted by Crippen LogP contribution is -2.11. The first-order valence-corrected chi connectivity index (χ1v) is 9.67. The fraction of sp³-hybridized carbons (Fsp3) is 0.150. The van der Waals surface area contributed by atoms with Crippen LogP contribution in [0.15, 0.2) is 55.1 Å². The highest BCUT2D eigenvalue weighted by atomic mass is 32.1. The Balaban J connectivity index is 1.41. The Morgan fingerprint density at radius 3 is 2.59 bits per heavy atom. The summed E-state index contributed by atoms with van der Waals surface area (Å²) < 4.78 is 7.63. The van der Waals surface area contributed by atoms with Crippen molar-refractivity contribution in [3.63, 3.8) is 0 Å². The zero-order valence-electron chi connectivity index (χ0n) is 15.9. The molecule has 146 valence electrons. The molecule has 8 nitrogen and oxygen atoms in total. The molecule has 1 aromatic carbocycles. The van der Waals surface area contributed by atoms with Crippen LogP contribution in [0.5, 0.6) is 5.75 Å². The Morgan fingerprint density at radius 1 is 1.14 bits per heavy atom. The number of ether oxygens (including phenoxy) is 1. The highest BCUT2D eigenvalue weighted by molar-refractivity contribution is 7.17. The molecule has 0 aliphatic carbocycles. The first-order valence-electron chi connectivity index (χ1n) is 8.85. The quantitative estimate of drug-likeness (QED) is 0.527. The number of aryl methyl sites for hydroxylation is 2. The summed E-state index contributed by atoms with van der Waals surface area (Å²) in [4.78, 5) is 30.2. The second-order valence-electron chi connectivity index (χ2n) is 6.23. The van der Waals surface area contributed by atoms with Crippen molar-refractivity contribution < 1.29 is 9.53 Å². The molecule has 0 fully saturated rings. The lowest BCUT2D eigenvalue weighted by atomic mass is 10.3. The number of carbonyl (C=O) groups is 1. The molecule has 9 heteroatoms. The average molecular weight is 406 g/mol. The average Bonchev–Trinajstić information content (AvgIpc) is 3.33. The molecule has 4 aromatic rings. The molecule has 1 amide bonds. The lowest BCUT2D eigenvalue weighted by Gasteiger charge is -2.08. The minimum Gasteiger partial charge on any atom is -0.486 e. The zero-order chi connectivity index (χ0) is 20.2. The second-order valence-corrected chi connectivity index (χ2v) is 7.23. The SMILES string of the molecule is Cc1nc(-c2ncccn2)sc1C(=O)Nc1ccc(OCc2nccn2C)cc1. The number of carbonyl (C=O) groups excluding carboxylic acids is 1. The van der Waals surface area contributed by atoms with E-state index < -0.39 is 0 Å². The van der Waals surface area contributed by atoms with Gasteiger partial charge in [-0.05, 0) is 37.3 Å². The summed E-state index contributed by atoms with van der Waals surface area (Å²) in [5.41, 5.74) is 1.31. The first-order chi connectivity index (χ1) is 14.1. The lowest BCUT2D eigenvalue weighted by molar-refractivity contribution is 0.103. The zero-order valence-corrected chi connectivity index (χ0v) is 16.7. The van der Waals surface area contributed by atoms with Crippen LogP contribution in [-0.4, -0.2) is 30.4 Å². The summed E-state index contributed by atoms with van der Waals surface area (Å²) in [7, 11) is 1.92. The highest BCUT2D eigenvalue weighted by Crippen LogP contribution is 2.26. The number of hydrogen-bond acceptors (Lipinski definition) is 7. The Hall–Kier alpha value is -3.59. The molecule has 3 aromatic heterocycles. The highest BCUT2D eigenvalue weighted by Gasteiger charge is 2.17. The number of benzene rings is 1. The van der Waals surface area contributed by atoms with Crippen LogP contribution in [0.4, 0.5) is 5.69 Å². The van der Waals surface area contributed by atoms with Crippen molar-refractivity contribution in [3.05, 3.63) is 71.5 Å². The standard InChI is InChI=1S/C20H18N6O2S/c1-13-17(29-20(24-13)18-22-8-3-9-23-18)19(27)25-14-4-6-15(7-5-14)28-12-16-21-10-11-26(16)2/h3-11H,12H2,1-2H3,(H,25,27). The van der Waals surface area contributed by atoms with E-state index in [0.29, 0.717) is 39.4 Å². The van der Waals surface area contributed by atoms with Crippen molar-refractivity contribution in [1.82, 2.24) is 24.5 Å². The van der Waals surface area contributed by atoms with Gasteiger partial charge in [0.15, 0.2) is 10.8 Å². The van der Waals surface area contributed by atoms with Crippen LogP contribution in [0.3, 0.4) is 0 Å². The fourth-order valence-electron chi connectivity index (χ4n) is 2.62. The van der Waals surface area contributed by atoms with Gasteiger partial charge in [0.1, 0.15) is 23.1 Å². The molecule has 1 N–H and O–H groups in total. The Labute approximate surface area is 171 Å². The normalized spacial score (nSPS) is 10.7. The van der Waals surface area contributed by atoms with Crippen LogP contribution < -0.4 is 10.1 Å². The van der Waals surface area contributed by atoms with E-state index in [0.717, 1.165) is 5.82 Å². The summed E-state index contributed by atoms with van der Waals surface area (Å²) in [5, 5.41) is 3.51. The van der Waals surface area contributed by atoms with Gasteiger partial charge in [0, 0.05) is 37.5 Å². The van der Waals surface area contributed by atoms with Crippen molar-refractivity contribution in [2.75, 3.05) is 5.32 Å². The van der Waals surface area contributed by atoms with Crippen molar-refractivity contribution in [3.8, 4) is 16.6 Å². The number of amides is 1. The minimum atomic E-state index is -0.219. The third-order valence-electron chi connectivity index (χ3n) is 4.16. The maximum Gasteiger partial charge on any atom is 0.267 e. The van der Waals surface area contributed by atoms with Gasteiger partial charge in [-0.2, -0.15) is 0 Å². The van der Waals surface area contributed by atoms with Crippen molar-refractivity contribution >= 4 is 22.9 Å². The van der Waals surface area contributed by atoms with Gasteiger partial charge in [-0.15, -0.1) is 11.3 Å². The van der Waals surface area contributed by atoms with Crippen molar-refractivity contribution in [2.45, 2.75) is 13.5 Å². The van der Waals surface area contributed by atoms with E-state index >= 15 is 0 Å². The van der Waals surface area contributed by atoms with Gasteiger partial charge in [-0.25, -0.2) is 19.9 Å². The number of rotatable bonds is 6. The van der Waals surface area contributed by atoms with E-state index in [4.69, 9.17) is 4.74 Å². The van der Waals surface area contributed by atoms with Gasteiger partial charge in [-0.3, -0.25) is 4.79 Å². The number of aromatic nitrogens is 5. The van der Waals surface area contributed by atoms with Gasteiger partial charge in [0.05, 0.1) is 5.69 Å². The van der Waals surface area contributed by atoms with Crippen LogP contribution in [0, 0.1) is 6.92 Å². The molecule has 0 radical (unpaired) electrons. The molecular weight excluding hydrogens is 388 g/mol. The molecule has 4 rings (SSSR count). The minimum absolute atomic E-state index is 0.219. The van der Waals surface area contributed by atoms with Gasteiger partial charge < -0.3 is 14.6 Å². The number of anilines is 1. The van der Waals surface area contributed by atoms with Crippen LogP contribution in [-0.2, 0) is 13.7 Å². The first kappa shape index (κ1) is 18.8. The van der Waals surface area contributed by atoms with E-state index in [1.807, 2.05) is 17.8 Å². The van der Waals surface area contributed by atoms with E-state index in [2.05, 4.69) is 25.3 Å². The maximum atomic E-state index is 12.7. The van der Waals surface area contributed by atoms with E-state index in [-0.39, 0.29) is 5.91 Å². The van der Waals surface area contributed by atoms with Crippen molar-refractivity contribution in [2.24, 2.45) is 7.05 Å². The third-order valence-corrected chi connectivity index (χ3v) is 5.31. The predicted molar refractivity (Wildman–Crippen MR) is 110 cm³/mol. The monoisotopic (exact) mass is 406 g/mol. The molecule has 0 saturated heterocycles. The Bertz CT molecular complexity index is 1120. The molecule has 0 spiro atoms. The van der Waals surface area contributed by atoms with Gasteiger partial charge >= 0.3 is 0 Å². The van der Waals surface area contributed by atoms with E-state index in [9.17, 15) is 4.79 Å². The third kappa shape index (κ3) is 4.30. The summed E-state index contributed by atoms with van der Waals surface area (Å²) in [5.74, 6) is 1.82. The van der Waals surface area contributed by atoms with Crippen LogP contribution in [0.1, 0.15) is 21.2 Å². The van der Waals surface area contributed by atoms with Gasteiger partial charge in [-0.1, -0.05) is 0 Å². The maximum absolute atomic E-state index is 12.7. The number of thiazole rings is 1. The molecule has 29 heavy (non-hydrogen) atoms.